The van der Waals surface area contributed by atoms with Crippen LogP contribution in [0.15, 0.2) is 30.3 Å². The monoisotopic (exact) mass is 332 g/mol. The van der Waals surface area contributed by atoms with Crippen molar-refractivity contribution in [2.45, 2.75) is 50.1 Å². The van der Waals surface area contributed by atoms with Gasteiger partial charge in [-0.2, -0.15) is 0 Å². The summed E-state index contributed by atoms with van der Waals surface area (Å²) in [7, 11) is 5.33. The van der Waals surface area contributed by atoms with E-state index < -0.39 is 0 Å². The summed E-state index contributed by atoms with van der Waals surface area (Å²) in [6, 6.07) is 10.9. The molecule has 5 heteroatoms. The molecule has 1 aromatic carbocycles. The lowest BCUT2D eigenvalue weighted by molar-refractivity contribution is -0.126. The van der Waals surface area contributed by atoms with Crippen LogP contribution in [-0.4, -0.2) is 67.9 Å². The summed E-state index contributed by atoms with van der Waals surface area (Å²) >= 11 is 0. The summed E-state index contributed by atoms with van der Waals surface area (Å²) in [5.41, 5.74) is 0.772. The van der Waals surface area contributed by atoms with Crippen LogP contribution in [0.4, 0.5) is 0 Å². The van der Waals surface area contributed by atoms with Gasteiger partial charge in [-0.3, -0.25) is 9.69 Å². The SMILES string of the molecule is COC(CN1[C@H]2CC[C@H]1CC(N(C)C(=O)c1ccccc1)C2)OC. The third kappa shape index (κ3) is 3.48. The zero-order valence-electron chi connectivity index (χ0n) is 14.9. The molecule has 0 radical (unpaired) electrons. The molecule has 2 atom stereocenters. The molecule has 2 aliphatic rings. The van der Waals surface area contributed by atoms with Crippen molar-refractivity contribution in [3.8, 4) is 0 Å². The van der Waals surface area contributed by atoms with Gasteiger partial charge in [0.1, 0.15) is 0 Å². The minimum atomic E-state index is -0.173. The third-order valence-corrected chi connectivity index (χ3v) is 5.63. The highest BCUT2D eigenvalue weighted by atomic mass is 16.7. The Morgan fingerprint density at radius 1 is 1.17 bits per heavy atom. The van der Waals surface area contributed by atoms with E-state index in [0.29, 0.717) is 18.1 Å². The Morgan fingerprint density at radius 3 is 2.29 bits per heavy atom. The van der Waals surface area contributed by atoms with Crippen LogP contribution >= 0.6 is 0 Å². The summed E-state index contributed by atoms with van der Waals surface area (Å²) < 4.78 is 10.7. The van der Waals surface area contributed by atoms with Gasteiger partial charge in [0.2, 0.25) is 0 Å². The molecular formula is C19H28N2O3. The number of carbonyl (C=O) groups excluding carboxylic acids is 1. The molecule has 5 nitrogen and oxygen atoms in total. The average molecular weight is 332 g/mol. The van der Waals surface area contributed by atoms with E-state index in [1.54, 1.807) is 14.2 Å². The van der Waals surface area contributed by atoms with Crippen LogP contribution in [0, 0.1) is 0 Å². The van der Waals surface area contributed by atoms with Crippen molar-refractivity contribution in [1.29, 1.82) is 0 Å². The largest absolute Gasteiger partial charge is 0.355 e. The molecule has 0 aliphatic carbocycles. The molecule has 1 aromatic rings. The Kier molecular flexibility index (Phi) is 5.54. The van der Waals surface area contributed by atoms with Crippen molar-refractivity contribution in [2.24, 2.45) is 0 Å². The number of methoxy groups -OCH3 is 2. The highest BCUT2D eigenvalue weighted by Crippen LogP contribution is 2.37. The van der Waals surface area contributed by atoms with Crippen LogP contribution in [0.5, 0.6) is 0 Å². The smallest absolute Gasteiger partial charge is 0.253 e. The first kappa shape index (κ1) is 17.4. The van der Waals surface area contributed by atoms with E-state index in [-0.39, 0.29) is 12.2 Å². The first-order chi connectivity index (χ1) is 11.6. The summed E-state index contributed by atoms with van der Waals surface area (Å²) in [6.45, 7) is 0.811. The van der Waals surface area contributed by atoms with Gasteiger partial charge in [0.15, 0.2) is 6.29 Å². The van der Waals surface area contributed by atoms with Crippen LogP contribution in [0.1, 0.15) is 36.0 Å². The number of carbonyl (C=O) groups is 1. The maximum Gasteiger partial charge on any atom is 0.253 e. The molecule has 132 valence electrons. The Bertz CT molecular complexity index is 533. The Balaban J connectivity index is 1.64. The van der Waals surface area contributed by atoms with Gasteiger partial charge in [-0.15, -0.1) is 0 Å². The lowest BCUT2D eigenvalue weighted by Gasteiger charge is -2.43. The Hall–Kier alpha value is -1.43. The number of amides is 1. The van der Waals surface area contributed by atoms with Crippen molar-refractivity contribution >= 4 is 5.91 Å². The van der Waals surface area contributed by atoms with Gasteiger partial charge >= 0.3 is 0 Å². The van der Waals surface area contributed by atoms with Gasteiger partial charge in [0.05, 0.1) is 6.54 Å². The summed E-state index contributed by atoms with van der Waals surface area (Å²) in [5.74, 6) is 0.125. The van der Waals surface area contributed by atoms with Crippen LogP contribution in [-0.2, 0) is 9.47 Å². The minimum Gasteiger partial charge on any atom is -0.355 e. The van der Waals surface area contributed by atoms with Gasteiger partial charge in [0.25, 0.3) is 5.91 Å². The van der Waals surface area contributed by atoms with E-state index in [4.69, 9.17) is 9.47 Å². The van der Waals surface area contributed by atoms with E-state index in [1.807, 2.05) is 42.3 Å². The van der Waals surface area contributed by atoms with Crippen molar-refractivity contribution < 1.29 is 14.3 Å². The number of hydrogen-bond acceptors (Lipinski definition) is 4. The van der Waals surface area contributed by atoms with Gasteiger partial charge < -0.3 is 14.4 Å². The second kappa shape index (κ2) is 7.64. The molecule has 0 spiro atoms. The maximum atomic E-state index is 12.7. The summed E-state index contributed by atoms with van der Waals surface area (Å²) in [4.78, 5) is 17.2. The number of fused-ring (bicyclic) bond motifs is 2. The number of rotatable bonds is 6. The van der Waals surface area contributed by atoms with Crippen molar-refractivity contribution in [2.75, 3.05) is 27.8 Å². The fourth-order valence-corrected chi connectivity index (χ4v) is 4.23. The molecule has 0 aromatic heterocycles. The fourth-order valence-electron chi connectivity index (χ4n) is 4.23. The Morgan fingerprint density at radius 2 is 1.75 bits per heavy atom. The second-order valence-electron chi connectivity index (χ2n) is 6.89. The van der Waals surface area contributed by atoms with E-state index in [0.717, 1.165) is 24.9 Å². The molecule has 2 aliphatic heterocycles. The van der Waals surface area contributed by atoms with Crippen LogP contribution < -0.4 is 0 Å². The minimum absolute atomic E-state index is 0.125. The third-order valence-electron chi connectivity index (χ3n) is 5.63. The summed E-state index contributed by atoms with van der Waals surface area (Å²) in [6.07, 6.45) is 4.30. The van der Waals surface area contributed by atoms with Gasteiger partial charge in [-0.1, -0.05) is 18.2 Å². The molecule has 2 bridgehead atoms. The molecule has 3 rings (SSSR count). The quantitative estimate of drug-likeness (QED) is 0.750. The van der Waals surface area contributed by atoms with Gasteiger partial charge in [-0.25, -0.2) is 0 Å². The molecule has 1 amide bonds. The molecule has 0 saturated carbocycles. The number of piperidine rings is 1. The molecule has 2 fully saturated rings. The van der Waals surface area contributed by atoms with E-state index in [2.05, 4.69) is 4.90 Å². The van der Waals surface area contributed by atoms with Crippen molar-refractivity contribution in [1.82, 2.24) is 9.80 Å². The van der Waals surface area contributed by atoms with Crippen LogP contribution in [0.2, 0.25) is 0 Å². The standard InChI is InChI=1S/C19H28N2O3/c1-20(19(22)14-7-5-4-6-8-14)17-11-15-9-10-16(12-17)21(15)13-18(23-2)24-3/h4-8,15-18H,9-13H2,1-3H3/t15-,16-/m0/s1. The zero-order valence-corrected chi connectivity index (χ0v) is 14.9. The fraction of sp³-hybridized carbons (Fsp3) is 0.632. The predicted molar refractivity (Wildman–Crippen MR) is 92.9 cm³/mol. The van der Waals surface area contributed by atoms with Gasteiger partial charge in [-0.05, 0) is 37.8 Å². The highest BCUT2D eigenvalue weighted by molar-refractivity contribution is 5.94. The highest BCUT2D eigenvalue weighted by Gasteiger charge is 2.43. The van der Waals surface area contributed by atoms with Crippen molar-refractivity contribution in [3.63, 3.8) is 0 Å². The lowest BCUT2D eigenvalue weighted by Crippen LogP contribution is -2.52. The lowest BCUT2D eigenvalue weighted by atomic mass is 9.95. The normalized spacial score (nSPS) is 26.8. The van der Waals surface area contributed by atoms with E-state index in [9.17, 15) is 4.79 Å². The molecule has 2 heterocycles. The van der Waals surface area contributed by atoms with E-state index in [1.165, 1.54) is 12.8 Å². The molecular weight excluding hydrogens is 304 g/mol. The predicted octanol–water partition coefficient (Wildman–Crippen LogP) is 2.37. The van der Waals surface area contributed by atoms with Crippen molar-refractivity contribution in [3.05, 3.63) is 35.9 Å². The van der Waals surface area contributed by atoms with Crippen LogP contribution in [0.25, 0.3) is 0 Å². The first-order valence-corrected chi connectivity index (χ1v) is 8.77. The van der Waals surface area contributed by atoms with E-state index >= 15 is 0 Å². The number of hydrogen-bond donors (Lipinski definition) is 0. The topological polar surface area (TPSA) is 42.0 Å². The molecule has 0 N–H and O–H groups in total. The average Bonchev–Trinajstić information content (AvgIpc) is 2.85. The Labute approximate surface area is 144 Å². The second-order valence-corrected chi connectivity index (χ2v) is 6.89. The number of benzene rings is 1. The zero-order chi connectivity index (χ0) is 17.1. The number of ether oxygens (including phenoxy) is 2. The molecule has 0 unspecified atom stereocenters. The molecule has 24 heavy (non-hydrogen) atoms. The molecule has 2 saturated heterocycles. The number of nitrogens with zero attached hydrogens (tertiary/aromatic N) is 2. The maximum absolute atomic E-state index is 12.7. The van der Waals surface area contributed by atoms with Crippen LogP contribution in [0.3, 0.4) is 0 Å². The first-order valence-electron chi connectivity index (χ1n) is 8.77. The summed E-state index contributed by atoms with van der Waals surface area (Å²) in [5, 5.41) is 0. The van der Waals surface area contributed by atoms with Gasteiger partial charge in [0, 0.05) is 45.0 Å².